The summed E-state index contributed by atoms with van der Waals surface area (Å²) in [5, 5.41) is 12.7. The first-order chi connectivity index (χ1) is 8.15. The largest absolute Gasteiger partial charge is 0.349 e. The molecule has 0 aliphatic rings. The Labute approximate surface area is 96.8 Å². The van der Waals surface area contributed by atoms with E-state index in [0.29, 0.717) is 30.5 Å². The third kappa shape index (κ3) is 2.86. The highest BCUT2D eigenvalue weighted by molar-refractivity contribution is 5.90. The zero-order valence-corrected chi connectivity index (χ0v) is 9.52. The fourth-order valence-corrected chi connectivity index (χ4v) is 1.25. The van der Waals surface area contributed by atoms with Crippen molar-refractivity contribution in [3.8, 4) is 0 Å². The lowest BCUT2D eigenvalue weighted by atomic mass is 10.4. The number of amides is 1. The van der Waals surface area contributed by atoms with Gasteiger partial charge in [-0.1, -0.05) is 5.16 Å². The summed E-state index contributed by atoms with van der Waals surface area (Å²) < 4.78 is 4.81. The van der Waals surface area contributed by atoms with E-state index in [9.17, 15) is 4.79 Å². The molecule has 8 heteroatoms. The molecular weight excluding hydrogens is 224 g/mol. The first-order valence-corrected chi connectivity index (χ1v) is 5.11. The molecule has 2 heterocycles. The number of nitrogens with zero attached hydrogens (tertiary/aromatic N) is 4. The molecule has 0 saturated heterocycles. The second-order valence-electron chi connectivity index (χ2n) is 3.48. The molecule has 0 radical (unpaired) electrons. The van der Waals surface area contributed by atoms with Gasteiger partial charge in [0.1, 0.15) is 5.82 Å². The van der Waals surface area contributed by atoms with Crippen molar-refractivity contribution < 1.29 is 9.32 Å². The summed E-state index contributed by atoms with van der Waals surface area (Å²) in [6, 6.07) is 0. The fourth-order valence-electron chi connectivity index (χ4n) is 1.25. The molecule has 2 N–H and O–H groups in total. The summed E-state index contributed by atoms with van der Waals surface area (Å²) in [4.78, 5) is 19.5. The van der Waals surface area contributed by atoms with Gasteiger partial charge in [-0.05, 0) is 6.92 Å². The average molecular weight is 236 g/mol. The van der Waals surface area contributed by atoms with Gasteiger partial charge in [-0.3, -0.25) is 9.89 Å². The van der Waals surface area contributed by atoms with Crippen molar-refractivity contribution in [3.05, 3.63) is 23.4 Å². The predicted molar refractivity (Wildman–Crippen MR) is 56.2 cm³/mol. The maximum atomic E-state index is 11.5. The topological polar surface area (TPSA) is 110 Å². The number of hydrogen-bond acceptors (Lipinski definition) is 6. The number of rotatable bonds is 4. The van der Waals surface area contributed by atoms with E-state index >= 15 is 0 Å². The number of aryl methyl sites for hydroxylation is 2. The lowest BCUT2D eigenvalue weighted by Crippen LogP contribution is -2.27. The number of hydrogen-bond donors (Lipinski definition) is 2. The summed E-state index contributed by atoms with van der Waals surface area (Å²) in [5.74, 6) is 1.48. The van der Waals surface area contributed by atoms with E-state index in [0.717, 1.165) is 0 Å². The van der Waals surface area contributed by atoms with E-state index < -0.39 is 0 Å². The summed E-state index contributed by atoms with van der Waals surface area (Å²) in [6.45, 7) is 3.85. The standard InChI is InChI=1S/C9H12N6O2/c1-5-11-8(14-13-5)9(16)10-4-3-7-12-6(2)17-15-7/h3-4H2,1-2H3,(H,10,16)(H,11,13,14). The van der Waals surface area contributed by atoms with Gasteiger partial charge in [0.25, 0.3) is 5.91 Å². The van der Waals surface area contributed by atoms with Crippen molar-refractivity contribution in [2.45, 2.75) is 20.3 Å². The number of aromatic nitrogens is 5. The van der Waals surface area contributed by atoms with Crippen molar-refractivity contribution in [2.24, 2.45) is 0 Å². The molecule has 0 fully saturated rings. The van der Waals surface area contributed by atoms with E-state index in [1.54, 1.807) is 13.8 Å². The molecule has 0 bridgehead atoms. The molecule has 0 spiro atoms. The molecule has 8 nitrogen and oxygen atoms in total. The summed E-state index contributed by atoms with van der Waals surface area (Å²) in [5.41, 5.74) is 0. The third-order valence-corrected chi connectivity index (χ3v) is 2.00. The van der Waals surface area contributed by atoms with Gasteiger partial charge in [0.05, 0.1) is 0 Å². The minimum Gasteiger partial charge on any atom is -0.349 e. The van der Waals surface area contributed by atoms with Gasteiger partial charge >= 0.3 is 0 Å². The van der Waals surface area contributed by atoms with Gasteiger partial charge in [-0.15, -0.1) is 5.10 Å². The van der Waals surface area contributed by atoms with Crippen LogP contribution in [0.1, 0.15) is 28.2 Å². The summed E-state index contributed by atoms with van der Waals surface area (Å²) in [6.07, 6.45) is 0.506. The van der Waals surface area contributed by atoms with Crippen molar-refractivity contribution in [1.29, 1.82) is 0 Å². The van der Waals surface area contributed by atoms with Crippen LogP contribution in [0.25, 0.3) is 0 Å². The zero-order valence-electron chi connectivity index (χ0n) is 9.52. The van der Waals surface area contributed by atoms with Crippen LogP contribution in [0.15, 0.2) is 4.52 Å². The lowest BCUT2D eigenvalue weighted by molar-refractivity contribution is 0.0944. The summed E-state index contributed by atoms with van der Waals surface area (Å²) >= 11 is 0. The Balaban J connectivity index is 1.81. The smallest absolute Gasteiger partial charge is 0.290 e. The molecule has 0 saturated carbocycles. The minimum atomic E-state index is -0.324. The second kappa shape index (κ2) is 4.73. The van der Waals surface area contributed by atoms with Crippen molar-refractivity contribution >= 4 is 5.91 Å². The molecule has 0 aromatic carbocycles. The van der Waals surface area contributed by atoms with Crippen LogP contribution in [0.5, 0.6) is 0 Å². The van der Waals surface area contributed by atoms with Crippen LogP contribution in [-0.2, 0) is 6.42 Å². The van der Waals surface area contributed by atoms with Crippen LogP contribution in [0.2, 0.25) is 0 Å². The molecule has 2 aromatic rings. The predicted octanol–water partition coefficient (Wildman–Crippen LogP) is -0.223. The molecule has 1 amide bonds. The molecule has 0 atom stereocenters. The Hall–Kier alpha value is -2.25. The van der Waals surface area contributed by atoms with E-state index in [1.165, 1.54) is 0 Å². The van der Waals surface area contributed by atoms with Gasteiger partial charge in [0, 0.05) is 19.9 Å². The molecular formula is C9H12N6O2. The Bertz CT molecular complexity index is 517. The SMILES string of the molecule is Cc1nc(C(=O)NCCc2noc(C)n2)n[nH]1. The Morgan fingerprint density at radius 1 is 1.41 bits per heavy atom. The average Bonchev–Trinajstić information content (AvgIpc) is 2.88. The molecule has 0 unspecified atom stereocenters. The van der Waals surface area contributed by atoms with E-state index in [-0.39, 0.29) is 11.7 Å². The van der Waals surface area contributed by atoms with Crippen LogP contribution in [-0.4, -0.2) is 37.8 Å². The highest BCUT2D eigenvalue weighted by Gasteiger charge is 2.10. The zero-order chi connectivity index (χ0) is 12.3. The fraction of sp³-hybridized carbons (Fsp3) is 0.444. The monoisotopic (exact) mass is 236 g/mol. The molecule has 17 heavy (non-hydrogen) atoms. The molecule has 2 rings (SSSR count). The molecule has 90 valence electrons. The third-order valence-electron chi connectivity index (χ3n) is 2.00. The van der Waals surface area contributed by atoms with Gasteiger partial charge in [-0.2, -0.15) is 4.98 Å². The normalized spacial score (nSPS) is 10.5. The first-order valence-electron chi connectivity index (χ1n) is 5.11. The molecule has 2 aromatic heterocycles. The molecule has 0 aliphatic heterocycles. The van der Waals surface area contributed by atoms with Gasteiger partial charge in [-0.25, -0.2) is 4.98 Å². The number of nitrogens with one attached hydrogen (secondary N) is 2. The minimum absolute atomic E-state index is 0.131. The van der Waals surface area contributed by atoms with Crippen molar-refractivity contribution in [1.82, 2.24) is 30.6 Å². The Kier molecular flexibility index (Phi) is 3.12. The maximum absolute atomic E-state index is 11.5. The van der Waals surface area contributed by atoms with Gasteiger partial charge in [0.2, 0.25) is 11.7 Å². The quantitative estimate of drug-likeness (QED) is 0.759. The van der Waals surface area contributed by atoms with Crippen LogP contribution < -0.4 is 5.32 Å². The first kappa shape index (κ1) is 11.2. The summed E-state index contributed by atoms with van der Waals surface area (Å²) in [7, 11) is 0. The van der Waals surface area contributed by atoms with E-state index in [1.807, 2.05) is 0 Å². The highest BCUT2D eigenvalue weighted by Crippen LogP contribution is 1.95. The van der Waals surface area contributed by atoms with Crippen LogP contribution in [0.3, 0.4) is 0 Å². The van der Waals surface area contributed by atoms with Crippen LogP contribution in [0, 0.1) is 13.8 Å². The number of aromatic amines is 1. The van der Waals surface area contributed by atoms with Crippen LogP contribution in [0.4, 0.5) is 0 Å². The highest BCUT2D eigenvalue weighted by atomic mass is 16.5. The maximum Gasteiger partial charge on any atom is 0.290 e. The molecule has 0 aliphatic carbocycles. The Morgan fingerprint density at radius 3 is 2.82 bits per heavy atom. The van der Waals surface area contributed by atoms with E-state index in [2.05, 4.69) is 30.6 Å². The van der Waals surface area contributed by atoms with Gasteiger partial charge < -0.3 is 9.84 Å². The van der Waals surface area contributed by atoms with Crippen molar-refractivity contribution in [2.75, 3.05) is 6.54 Å². The van der Waals surface area contributed by atoms with Crippen molar-refractivity contribution in [3.63, 3.8) is 0 Å². The number of H-pyrrole nitrogens is 1. The van der Waals surface area contributed by atoms with Crippen LogP contribution >= 0.6 is 0 Å². The van der Waals surface area contributed by atoms with Gasteiger partial charge in [0.15, 0.2) is 5.82 Å². The number of carbonyl (C=O) groups excluding carboxylic acids is 1. The Morgan fingerprint density at radius 2 is 2.24 bits per heavy atom. The second-order valence-corrected chi connectivity index (χ2v) is 3.48. The lowest BCUT2D eigenvalue weighted by Gasteiger charge is -1.98. The van der Waals surface area contributed by atoms with E-state index in [4.69, 9.17) is 4.52 Å². The number of carbonyl (C=O) groups is 1.